The van der Waals surface area contributed by atoms with Crippen molar-refractivity contribution in [3.63, 3.8) is 0 Å². The molecular weight excluding hydrogens is 379 g/mol. The fourth-order valence-corrected chi connectivity index (χ4v) is 3.66. The Kier molecular flexibility index (Phi) is 5.09. The first-order valence-corrected chi connectivity index (χ1v) is 9.04. The number of amides is 1. The second-order valence-electron chi connectivity index (χ2n) is 6.19. The Bertz CT molecular complexity index is 943. The fourth-order valence-electron chi connectivity index (χ4n) is 2.95. The van der Waals surface area contributed by atoms with Gasteiger partial charge in [-0.15, -0.1) is 11.3 Å². The molecule has 3 aromatic heterocycles. The van der Waals surface area contributed by atoms with Gasteiger partial charge in [-0.3, -0.25) is 9.48 Å². The number of aryl methyl sites for hydroxylation is 1. The zero-order valence-electron chi connectivity index (χ0n) is 14.9. The third-order valence-electron chi connectivity index (χ3n) is 4.20. The number of rotatable bonds is 5. The van der Waals surface area contributed by atoms with Gasteiger partial charge in [-0.25, -0.2) is 4.98 Å². The zero-order valence-corrected chi connectivity index (χ0v) is 15.7. The van der Waals surface area contributed by atoms with Crippen molar-refractivity contribution in [2.45, 2.75) is 39.4 Å². The van der Waals surface area contributed by atoms with Crippen LogP contribution in [0.5, 0.6) is 0 Å². The quantitative estimate of drug-likeness (QED) is 0.676. The van der Waals surface area contributed by atoms with Crippen molar-refractivity contribution in [2.24, 2.45) is 0 Å². The number of carbonyl (C=O) groups is 1. The number of halogens is 3. The molecule has 0 saturated carbocycles. The lowest BCUT2D eigenvalue weighted by atomic mass is 9.98. The number of H-pyrrole nitrogens is 1. The summed E-state index contributed by atoms with van der Waals surface area (Å²) < 4.78 is 38.9. The Labute approximate surface area is 157 Å². The summed E-state index contributed by atoms with van der Waals surface area (Å²) in [6, 6.07) is 3.71. The third kappa shape index (κ3) is 4.21. The molecule has 3 rings (SSSR count). The summed E-state index contributed by atoms with van der Waals surface area (Å²) in [6.07, 6.45) is -2.60. The summed E-state index contributed by atoms with van der Waals surface area (Å²) in [5.74, 6) is -1.01. The summed E-state index contributed by atoms with van der Waals surface area (Å²) in [5, 5.41) is 8.91. The zero-order chi connectivity index (χ0) is 19.8. The Morgan fingerprint density at radius 2 is 2.15 bits per heavy atom. The SMILES string of the molecule is Cc1nn(CC(F)(F)F)c(C)c1C(C)C(=O)Nc1nc(-c2ccc[nH]2)cs1. The van der Waals surface area contributed by atoms with E-state index in [2.05, 4.69) is 20.4 Å². The minimum Gasteiger partial charge on any atom is -0.360 e. The molecule has 0 aromatic carbocycles. The number of hydrogen-bond acceptors (Lipinski definition) is 4. The maximum Gasteiger partial charge on any atom is 0.408 e. The van der Waals surface area contributed by atoms with Crippen molar-refractivity contribution in [3.8, 4) is 11.4 Å². The standard InChI is InChI=1S/C17H18F3N5OS/c1-9(14-10(2)24-25(11(14)3)8-17(18,19)20)15(26)23-16-22-13(7-27-16)12-5-4-6-21-12/h4-7,9,21H,8H2,1-3H3,(H,22,23,26). The second kappa shape index (κ2) is 7.18. The van der Waals surface area contributed by atoms with E-state index in [0.717, 1.165) is 10.4 Å². The first kappa shape index (κ1) is 19.2. The smallest absolute Gasteiger partial charge is 0.360 e. The normalized spacial score (nSPS) is 13.0. The van der Waals surface area contributed by atoms with Gasteiger partial charge < -0.3 is 10.3 Å². The van der Waals surface area contributed by atoms with E-state index in [4.69, 9.17) is 0 Å². The maximum atomic E-state index is 12.7. The van der Waals surface area contributed by atoms with Gasteiger partial charge in [0.2, 0.25) is 5.91 Å². The lowest BCUT2D eigenvalue weighted by Crippen LogP contribution is -2.21. The van der Waals surface area contributed by atoms with Crippen LogP contribution in [0.25, 0.3) is 11.4 Å². The molecule has 0 aliphatic heterocycles. The number of thiazole rings is 1. The molecule has 0 spiro atoms. The van der Waals surface area contributed by atoms with Crippen LogP contribution in [0.4, 0.5) is 18.3 Å². The van der Waals surface area contributed by atoms with Crippen molar-refractivity contribution in [1.29, 1.82) is 0 Å². The van der Waals surface area contributed by atoms with Gasteiger partial charge in [0.1, 0.15) is 6.54 Å². The molecule has 1 amide bonds. The maximum absolute atomic E-state index is 12.7. The molecule has 0 bridgehead atoms. The fraction of sp³-hybridized carbons (Fsp3) is 0.353. The summed E-state index contributed by atoms with van der Waals surface area (Å²) >= 11 is 1.28. The monoisotopic (exact) mass is 397 g/mol. The van der Waals surface area contributed by atoms with E-state index >= 15 is 0 Å². The first-order chi connectivity index (χ1) is 12.7. The van der Waals surface area contributed by atoms with Gasteiger partial charge in [-0.1, -0.05) is 0 Å². The van der Waals surface area contributed by atoms with Crippen molar-refractivity contribution < 1.29 is 18.0 Å². The number of nitrogens with one attached hydrogen (secondary N) is 2. The van der Waals surface area contributed by atoms with Gasteiger partial charge in [0.15, 0.2) is 5.13 Å². The van der Waals surface area contributed by atoms with Crippen LogP contribution in [-0.2, 0) is 11.3 Å². The molecule has 0 aliphatic carbocycles. The third-order valence-corrected chi connectivity index (χ3v) is 4.96. The van der Waals surface area contributed by atoms with E-state index in [1.807, 2.05) is 17.5 Å². The van der Waals surface area contributed by atoms with Crippen LogP contribution < -0.4 is 5.32 Å². The van der Waals surface area contributed by atoms with Crippen molar-refractivity contribution >= 4 is 22.4 Å². The number of carbonyl (C=O) groups excluding carboxylic acids is 1. The first-order valence-electron chi connectivity index (χ1n) is 8.16. The molecule has 1 atom stereocenters. The molecule has 6 nitrogen and oxygen atoms in total. The van der Waals surface area contributed by atoms with Crippen LogP contribution in [0.15, 0.2) is 23.7 Å². The van der Waals surface area contributed by atoms with Gasteiger partial charge in [0, 0.05) is 22.8 Å². The topological polar surface area (TPSA) is 75.6 Å². The number of alkyl halides is 3. The minimum atomic E-state index is -4.37. The average Bonchev–Trinajstić information content (AvgIpc) is 3.27. The summed E-state index contributed by atoms with van der Waals surface area (Å²) in [5.41, 5.74) is 2.78. The van der Waals surface area contributed by atoms with E-state index < -0.39 is 18.6 Å². The summed E-state index contributed by atoms with van der Waals surface area (Å²) in [7, 11) is 0. The molecule has 0 fully saturated rings. The van der Waals surface area contributed by atoms with Gasteiger partial charge >= 0.3 is 6.18 Å². The largest absolute Gasteiger partial charge is 0.408 e. The molecular formula is C17H18F3N5OS. The molecule has 1 unspecified atom stereocenters. The molecule has 27 heavy (non-hydrogen) atoms. The molecule has 0 saturated heterocycles. The number of aromatic amines is 1. The lowest BCUT2D eigenvalue weighted by Gasteiger charge is -2.13. The van der Waals surface area contributed by atoms with Gasteiger partial charge in [0.05, 0.1) is 23.0 Å². The second-order valence-corrected chi connectivity index (χ2v) is 7.05. The number of hydrogen-bond donors (Lipinski definition) is 2. The highest BCUT2D eigenvalue weighted by Gasteiger charge is 2.31. The van der Waals surface area contributed by atoms with Crippen LogP contribution >= 0.6 is 11.3 Å². The van der Waals surface area contributed by atoms with Gasteiger partial charge in [0.25, 0.3) is 0 Å². The Balaban J connectivity index is 1.76. The highest BCUT2D eigenvalue weighted by Crippen LogP contribution is 2.29. The van der Waals surface area contributed by atoms with Crippen molar-refractivity contribution in [1.82, 2.24) is 19.7 Å². The number of nitrogens with zero attached hydrogens (tertiary/aromatic N) is 3. The lowest BCUT2D eigenvalue weighted by molar-refractivity contribution is -0.143. The Morgan fingerprint density at radius 1 is 1.41 bits per heavy atom. The van der Waals surface area contributed by atoms with Crippen LogP contribution in [0, 0.1) is 13.8 Å². The molecule has 10 heteroatoms. The van der Waals surface area contributed by atoms with E-state index in [0.29, 0.717) is 27.8 Å². The van der Waals surface area contributed by atoms with Crippen LogP contribution in [-0.4, -0.2) is 31.8 Å². The molecule has 3 heterocycles. The number of aromatic nitrogens is 4. The molecule has 0 aliphatic rings. The van der Waals surface area contributed by atoms with Gasteiger partial charge in [-0.2, -0.15) is 18.3 Å². The van der Waals surface area contributed by atoms with Crippen LogP contribution in [0.3, 0.4) is 0 Å². The predicted octanol–water partition coefficient (Wildman–Crippen LogP) is 4.26. The molecule has 144 valence electrons. The Hall–Kier alpha value is -2.62. The van der Waals surface area contributed by atoms with Crippen LogP contribution in [0.1, 0.15) is 29.8 Å². The highest BCUT2D eigenvalue weighted by atomic mass is 32.1. The van der Waals surface area contributed by atoms with E-state index in [-0.39, 0.29) is 5.91 Å². The van der Waals surface area contributed by atoms with Crippen LogP contribution in [0.2, 0.25) is 0 Å². The summed E-state index contributed by atoms with van der Waals surface area (Å²) in [6.45, 7) is 3.60. The van der Waals surface area contributed by atoms with E-state index in [1.54, 1.807) is 20.0 Å². The number of anilines is 1. The molecule has 3 aromatic rings. The van der Waals surface area contributed by atoms with E-state index in [1.165, 1.54) is 18.3 Å². The van der Waals surface area contributed by atoms with Gasteiger partial charge in [-0.05, 0) is 32.9 Å². The Morgan fingerprint density at radius 3 is 2.78 bits per heavy atom. The van der Waals surface area contributed by atoms with E-state index in [9.17, 15) is 18.0 Å². The highest BCUT2D eigenvalue weighted by molar-refractivity contribution is 7.14. The summed E-state index contributed by atoms with van der Waals surface area (Å²) in [4.78, 5) is 20.0. The average molecular weight is 397 g/mol. The van der Waals surface area contributed by atoms with Crippen molar-refractivity contribution in [2.75, 3.05) is 5.32 Å². The predicted molar refractivity (Wildman–Crippen MR) is 96.7 cm³/mol. The molecule has 0 radical (unpaired) electrons. The minimum absolute atomic E-state index is 0.332. The molecule has 2 N–H and O–H groups in total. The van der Waals surface area contributed by atoms with Crippen molar-refractivity contribution in [3.05, 3.63) is 40.7 Å².